The molecule has 0 saturated heterocycles. The standard InChI is InChI=1S/C50H38N2S/c1-31-24-27-39-38-22-12-13-23-40(38)50(46(39)45(31)44-30-43(34-16-4-2-5-17-34)51-49(52-44)35-18-6-3-7-19-35)41-28-25-32-14-8-10-20-36(32)47(41)53-48-37-21-11-9-15-33(37)26-29-42(48)50/h2-28,31,42,44-45H,29-30H2,1H3. The van der Waals surface area contributed by atoms with Crippen LogP contribution in [0.25, 0.3) is 27.3 Å². The highest BCUT2D eigenvalue weighted by atomic mass is 32.2. The molecule has 2 heterocycles. The molecule has 0 saturated carbocycles. The third kappa shape index (κ3) is 4.53. The monoisotopic (exact) mass is 698 g/mol. The highest BCUT2D eigenvalue weighted by Crippen LogP contribution is 2.68. The van der Waals surface area contributed by atoms with Crippen molar-refractivity contribution in [2.24, 2.45) is 27.7 Å². The zero-order valence-corrected chi connectivity index (χ0v) is 30.4. The maximum absolute atomic E-state index is 5.69. The first-order valence-electron chi connectivity index (χ1n) is 19.0. The van der Waals surface area contributed by atoms with Gasteiger partial charge in [0.2, 0.25) is 0 Å². The van der Waals surface area contributed by atoms with E-state index in [2.05, 4.69) is 171 Å². The van der Waals surface area contributed by atoms with Gasteiger partial charge in [0.25, 0.3) is 0 Å². The van der Waals surface area contributed by atoms with E-state index in [4.69, 9.17) is 9.98 Å². The molecule has 5 atom stereocenters. The van der Waals surface area contributed by atoms with Gasteiger partial charge >= 0.3 is 0 Å². The summed E-state index contributed by atoms with van der Waals surface area (Å²) in [4.78, 5) is 13.9. The van der Waals surface area contributed by atoms with Gasteiger partial charge in [0.1, 0.15) is 0 Å². The van der Waals surface area contributed by atoms with Crippen LogP contribution in [0.3, 0.4) is 0 Å². The van der Waals surface area contributed by atoms with Gasteiger partial charge in [-0.1, -0.05) is 183 Å². The van der Waals surface area contributed by atoms with Crippen molar-refractivity contribution < 1.29 is 0 Å². The van der Waals surface area contributed by atoms with Crippen molar-refractivity contribution >= 4 is 50.6 Å². The van der Waals surface area contributed by atoms with Crippen LogP contribution in [0.4, 0.5) is 0 Å². The first-order chi connectivity index (χ1) is 26.2. The Bertz CT molecular complexity index is 2740. The highest BCUT2D eigenvalue weighted by Gasteiger charge is 2.59. The topological polar surface area (TPSA) is 24.7 Å². The minimum Gasteiger partial charge on any atom is -0.262 e. The second kappa shape index (κ2) is 12.0. The summed E-state index contributed by atoms with van der Waals surface area (Å²) in [6.45, 7) is 2.43. The molecule has 0 bridgehead atoms. The molecule has 1 spiro atoms. The zero-order valence-electron chi connectivity index (χ0n) is 29.6. The van der Waals surface area contributed by atoms with Crippen molar-refractivity contribution in [3.05, 3.63) is 202 Å². The predicted octanol–water partition coefficient (Wildman–Crippen LogP) is 10.1. The number of amidine groups is 1. The molecule has 0 radical (unpaired) electrons. The van der Waals surface area contributed by atoms with Gasteiger partial charge in [0.05, 0.1) is 17.2 Å². The van der Waals surface area contributed by atoms with Gasteiger partial charge < -0.3 is 0 Å². The van der Waals surface area contributed by atoms with Gasteiger partial charge in [-0.2, -0.15) is 0 Å². The molecule has 0 fully saturated rings. The predicted molar refractivity (Wildman–Crippen MR) is 222 cm³/mol. The van der Waals surface area contributed by atoms with Crippen molar-refractivity contribution in [3.63, 3.8) is 0 Å². The van der Waals surface area contributed by atoms with E-state index in [1.54, 1.807) is 5.57 Å². The Morgan fingerprint density at radius 1 is 0.698 bits per heavy atom. The Labute approximate surface area is 314 Å². The Hall–Kier alpha value is -5.51. The van der Waals surface area contributed by atoms with Crippen molar-refractivity contribution in [1.82, 2.24) is 0 Å². The smallest absolute Gasteiger partial charge is 0.155 e. The summed E-state index contributed by atoms with van der Waals surface area (Å²) in [5, 5.41) is 5.38. The molecule has 2 aliphatic heterocycles. The normalized spacial score (nSPS) is 25.1. The summed E-state index contributed by atoms with van der Waals surface area (Å²) in [6.07, 6.45) is 9.23. The quantitative estimate of drug-likeness (QED) is 0.181. The van der Waals surface area contributed by atoms with Crippen LogP contribution in [0.5, 0.6) is 0 Å². The van der Waals surface area contributed by atoms with E-state index >= 15 is 0 Å². The van der Waals surface area contributed by atoms with Crippen LogP contribution in [-0.4, -0.2) is 17.6 Å². The van der Waals surface area contributed by atoms with Gasteiger partial charge in [-0.05, 0) is 66.9 Å². The maximum atomic E-state index is 5.69. The fourth-order valence-electron chi connectivity index (χ4n) is 10.3. The van der Waals surface area contributed by atoms with E-state index in [1.165, 1.54) is 58.8 Å². The Kier molecular flexibility index (Phi) is 7.04. The highest BCUT2D eigenvalue weighted by molar-refractivity contribution is 8.08. The molecule has 0 aromatic heterocycles. The molecule has 254 valence electrons. The number of benzene rings is 6. The lowest BCUT2D eigenvalue weighted by Crippen LogP contribution is -2.49. The Balaban J connectivity index is 1.21. The molecular formula is C50H38N2S. The molecule has 11 rings (SSSR count). The molecule has 3 aliphatic carbocycles. The molecule has 2 nitrogen and oxygen atoms in total. The van der Waals surface area contributed by atoms with Crippen LogP contribution < -0.4 is 10.4 Å². The Morgan fingerprint density at radius 3 is 2.30 bits per heavy atom. The molecule has 6 aromatic carbocycles. The van der Waals surface area contributed by atoms with E-state index < -0.39 is 0 Å². The van der Waals surface area contributed by atoms with Crippen LogP contribution in [0.1, 0.15) is 47.6 Å². The second-order valence-corrected chi connectivity index (χ2v) is 16.2. The van der Waals surface area contributed by atoms with Crippen LogP contribution in [-0.2, 0) is 5.41 Å². The average molecular weight is 699 g/mol. The van der Waals surface area contributed by atoms with E-state index in [9.17, 15) is 0 Å². The molecular weight excluding hydrogens is 661 g/mol. The van der Waals surface area contributed by atoms with E-state index in [0.29, 0.717) is 0 Å². The molecule has 0 N–H and O–H groups in total. The second-order valence-electron chi connectivity index (χ2n) is 15.1. The number of thioether (sulfide) groups is 1. The number of aliphatic imine (C=N–C) groups is 2. The van der Waals surface area contributed by atoms with E-state index in [1.807, 2.05) is 11.8 Å². The zero-order chi connectivity index (χ0) is 35.1. The number of rotatable bonds is 3. The largest absolute Gasteiger partial charge is 0.262 e. The molecule has 53 heavy (non-hydrogen) atoms. The third-order valence-corrected chi connectivity index (χ3v) is 13.8. The Morgan fingerprint density at radius 2 is 1.43 bits per heavy atom. The minimum absolute atomic E-state index is 0.0100. The van der Waals surface area contributed by atoms with Gasteiger partial charge in [-0.25, -0.2) is 4.99 Å². The number of nitrogens with zero attached hydrogens (tertiary/aromatic N) is 2. The molecule has 0 amide bonds. The molecule has 5 aliphatic rings. The number of hydrogen-bond acceptors (Lipinski definition) is 3. The minimum atomic E-state index is -0.358. The van der Waals surface area contributed by atoms with Gasteiger partial charge in [-0.15, -0.1) is 0 Å². The van der Waals surface area contributed by atoms with Crippen molar-refractivity contribution in [2.45, 2.75) is 36.1 Å². The van der Waals surface area contributed by atoms with Crippen LogP contribution in [0.15, 0.2) is 178 Å². The summed E-state index contributed by atoms with van der Waals surface area (Å²) in [7, 11) is 0. The summed E-state index contributed by atoms with van der Waals surface area (Å²) in [5.41, 5.74) is 10.2. The number of hydrogen-bond donors (Lipinski definition) is 0. The van der Waals surface area contributed by atoms with E-state index in [-0.39, 0.29) is 29.2 Å². The molecule has 3 heteroatoms. The lowest BCUT2D eigenvalue weighted by atomic mass is 9.56. The van der Waals surface area contributed by atoms with Crippen LogP contribution >= 0.6 is 11.8 Å². The van der Waals surface area contributed by atoms with Crippen molar-refractivity contribution in [1.29, 1.82) is 0 Å². The summed E-state index contributed by atoms with van der Waals surface area (Å²) >= 11 is 2.03. The maximum Gasteiger partial charge on any atom is 0.155 e. The fourth-order valence-corrected chi connectivity index (χ4v) is 11.8. The van der Waals surface area contributed by atoms with Crippen LogP contribution in [0, 0.1) is 17.8 Å². The molecule has 6 aromatic rings. The first kappa shape index (κ1) is 31.1. The van der Waals surface area contributed by atoms with Crippen LogP contribution in [0.2, 0.25) is 0 Å². The number of allylic oxidation sites excluding steroid dienone is 3. The van der Waals surface area contributed by atoms with Crippen molar-refractivity contribution in [3.8, 4) is 0 Å². The third-order valence-electron chi connectivity index (χ3n) is 12.5. The lowest BCUT2D eigenvalue weighted by molar-refractivity contribution is 0.332. The van der Waals surface area contributed by atoms with Gasteiger partial charge in [0.15, 0.2) is 5.84 Å². The average Bonchev–Trinajstić information content (AvgIpc) is 3.51. The van der Waals surface area contributed by atoms with E-state index in [0.717, 1.165) is 30.0 Å². The van der Waals surface area contributed by atoms with Crippen molar-refractivity contribution in [2.75, 3.05) is 0 Å². The summed E-state index contributed by atoms with van der Waals surface area (Å²) in [5.74, 6) is 1.54. The lowest BCUT2D eigenvalue weighted by Gasteiger charge is -2.51. The van der Waals surface area contributed by atoms with Gasteiger partial charge in [-0.3, -0.25) is 4.99 Å². The summed E-state index contributed by atoms with van der Waals surface area (Å²) < 4.78 is 0. The number of fused-ring (bicyclic) bond motifs is 11. The SMILES string of the molecule is CC1C=CC2=C(C1C1CC(c3ccccc3)=NC(c3ccccc3)=N1)C1(c3ccccc32)c2ccc3ccccc3c2SC2=c3ccccc3=CCC21. The molecule has 5 unspecified atom stereocenters. The first-order valence-corrected chi connectivity index (χ1v) is 19.8. The van der Waals surface area contributed by atoms with Gasteiger partial charge in [0, 0.05) is 33.6 Å². The summed E-state index contributed by atoms with van der Waals surface area (Å²) in [6, 6.07) is 53.7. The fraction of sp³-hybridized carbons (Fsp3) is 0.160.